The van der Waals surface area contributed by atoms with Crippen LogP contribution in [0, 0.1) is 5.92 Å². The second kappa shape index (κ2) is 6.21. The fourth-order valence-electron chi connectivity index (χ4n) is 2.24. The van der Waals surface area contributed by atoms with Crippen molar-refractivity contribution in [1.29, 1.82) is 0 Å². The van der Waals surface area contributed by atoms with Crippen LogP contribution in [-0.4, -0.2) is 0 Å². The first-order valence-electron chi connectivity index (χ1n) is 6.15. The Kier molecular flexibility index (Phi) is 5.49. The minimum absolute atomic E-state index is 0.353. The lowest BCUT2D eigenvalue weighted by atomic mass is 9.82. The van der Waals surface area contributed by atoms with Crippen LogP contribution in [0.1, 0.15) is 45.6 Å². The highest BCUT2D eigenvalue weighted by molar-refractivity contribution is 9.10. The Morgan fingerprint density at radius 3 is 2.41 bits per heavy atom. The van der Waals surface area contributed by atoms with Gasteiger partial charge in [-0.15, -0.1) is 0 Å². The van der Waals surface area contributed by atoms with E-state index in [4.69, 9.17) is 17.3 Å². The summed E-state index contributed by atoms with van der Waals surface area (Å²) < 4.78 is 0.990. The molecule has 1 nitrogen and oxygen atoms in total. The van der Waals surface area contributed by atoms with Crippen molar-refractivity contribution in [3.63, 3.8) is 0 Å². The summed E-state index contributed by atoms with van der Waals surface area (Å²) in [5, 5.41) is 0.746. The molecule has 96 valence electrons. The summed E-state index contributed by atoms with van der Waals surface area (Å²) in [4.78, 5) is 0. The average molecular weight is 319 g/mol. The van der Waals surface area contributed by atoms with Crippen molar-refractivity contribution in [2.45, 2.75) is 45.6 Å². The molecule has 0 radical (unpaired) electrons. The molecule has 0 heterocycles. The predicted octanol–water partition coefficient (Wildman–Crippen LogP) is 5.10. The van der Waals surface area contributed by atoms with Crippen LogP contribution in [0.5, 0.6) is 0 Å². The van der Waals surface area contributed by atoms with Gasteiger partial charge in [0.05, 0.1) is 0 Å². The van der Waals surface area contributed by atoms with Gasteiger partial charge in [0.15, 0.2) is 0 Å². The lowest BCUT2D eigenvalue weighted by Gasteiger charge is -2.30. The minimum atomic E-state index is -0.353. The zero-order valence-corrected chi connectivity index (χ0v) is 13.1. The van der Waals surface area contributed by atoms with E-state index in [0.29, 0.717) is 5.92 Å². The molecule has 2 N–H and O–H groups in total. The van der Waals surface area contributed by atoms with Gasteiger partial charge in [-0.3, -0.25) is 0 Å². The molecule has 0 saturated carbocycles. The summed E-state index contributed by atoms with van der Waals surface area (Å²) in [6, 6.07) is 5.93. The maximum Gasteiger partial charge on any atom is 0.0467 e. The van der Waals surface area contributed by atoms with E-state index in [2.05, 4.69) is 36.7 Å². The third kappa shape index (κ3) is 3.97. The van der Waals surface area contributed by atoms with Gasteiger partial charge in [0.2, 0.25) is 0 Å². The Morgan fingerprint density at radius 2 is 1.94 bits per heavy atom. The standard InChI is InChI=1S/C14H21BrClN/c1-4-10(5-2)9-14(3,17)12-7-6-11(15)8-13(12)16/h6-8,10H,4-5,9,17H2,1-3H3. The Balaban J connectivity index is 2.95. The lowest BCUT2D eigenvalue weighted by molar-refractivity contribution is 0.329. The van der Waals surface area contributed by atoms with Gasteiger partial charge >= 0.3 is 0 Å². The van der Waals surface area contributed by atoms with Gasteiger partial charge in [-0.1, -0.05) is 60.3 Å². The topological polar surface area (TPSA) is 26.0 Å². The van der Waals surface area contributed by atoms with Crippen LogP contribution >= 0.6 is 27.5 Å². The molecule has 0 aliphatic carbocycles. The fourth-order valence-corrected chi connectivity index (χ4v) is 3.13. The quantitative estimate of drug-likeness (QED) is 0.802. The van der Waals surface area contributed by atoms with E-state index in [1.54, 1.807) is 0 Å². The first-order valence-corrected chi connectivity index (χ1v) is 7.32. The minimum Gasteiger partial charge on any atom is -0.322 e. The van der Waals surface area contributed by atoms with Gasteiger partial charge in [-0.05, 0) is 37.0 Å². The molecule has 0 saturated heterocycles. The molecule has 0 fully saturated rings. The molecule has 0 aliphatic rings. The predicted molar refractivity (Wildman–Crippen MR) is 79.4 cm³/mol. The van der Waals surface area contributed by atoms with Crippen LogP contribution in [-0.2, 0) is 5.54 Å². The van der Waals surface area contributed by atoms with Gasteiger partial charge in [-0.25, -0.2) is 0 Å². The Hall–Kier alpha value is -0.0500. The highest BCUT2D eigenvalue weighted by atomic mass is 79.9. The zero-order valence-electron chi connectivity index (χ0n) is 10.8. The Bertz CT molecular complexity index is 372. The van der Waals surface area contributed by atoms with Crippen molar-refractivity contribution in [3.8, 4) is 0 Å². The van der Waals surface area contributed by atoms with E-state index in [9.17, 15) is 0 Å². The fraction of sp³-hybridized carbons (Fsp3) is 0.571. The van der Waals surface area contributed by atoms with Crippen molar-refractivity contribution in [3.05, 3.63) is 33.3 Å². The summed E-state index contributed by atoms with van der Waals surface area (Å²) in [7, 11) is 0. The highest BCUT2D eigenvalue weighted by Gasteiger charge is 2.26. The van der Waals surface area contributed by atoms with Gasteiger partial charge in [0, 0.05) is 15.0 Å². The van der Waals surface area contributed by atoms with Gasteiger partial charge in [-0.2, -0.15) is 0 Å². The molecule has 1 rings (SSSR count). The number of hydrogen-bond acceptors (Lipinski definition) is 1. The van der Waals surface area contributed by atoms with Gasteiger partial charge in [0.1, 0.15) is 0 Å². The second-order valence-electron chi connectivity index (χ2n) is 4.93. The molecule has 0 aliphatic heterocycles. The SMILES string of the molecule is CCC(CC)CC(C)(N)c1ccc(Br)cc1Cl. The van der Waals surface area contributed by atoms with Crippen LogP contribution in [0.4, 0.5) is 0 Å². The third-order valence-corrected chi connectivity index (χ3v) is 4.22. The molecule has 1 atom stereocenters. The van der Waals surface area contributed by atoms with Gasteiger partial charge < -0.3 is 5.73 Å². The van der Waals surface area contributed by atoms with Gasteiger partial charge in [0.25, 0.3) is 0 Å². The molecular weight excluding hydrogens is 298 g/mol. The lowest BCUT2D eigenvalue weighted by Crippen LogP contribution is -2.35. The molecule has 1 unspecified atom stereocenters. The zero-order chi connectivity index (χ0) is 13.1. The van der Waals surface area contributed by atoms with E-state index < -0.39 is 0 Å². The van der Waals surface area contributed by atoms with Crippen LogP contribution in [0.3, 0.4) is 0 Å². The normalized spacial score (nSPS) is 15.0. The van der Waals surface area contributed by atoms with E-state index in [1.807, 2.05) is 18.2 Å². The van der Waals surface area contributed by atoms with E-state index in [-0.39, 0.29) is 5.54 Å². The molecule has 3 heteroatoms. The number of halogens is 2. The maximum absolute atomic E-state index is 6.44. The molecule has 0 bridgehead atoms. The van der Waals surface area contributed by atoms with E-state index in [0.717, 1.165) is 34.3 Å². The molecule has 0 aromatic heterocycles. The van der Waals surface area contributed by atoms with E-state index >= 15 is 0 Å². The molecule has 1 aromatic carbocycles. The van der Waals surface area contributed by atoms with Crippen molar-refractivity contribution in [2.24, 2.45) is 11.7 Å². The smallest absolute Gasteiger partial charge is 0.0467 e. The van der Waals surface area contributed by atoms with Crippen molar-refractivity contribution in [2.75, 3.05) is 0 Å². The van der Waals surface area contributed by atoms with Crippen molar-refractivity contribution < 1.29 is 0 Å². The van der Waals surface area contributed by atoms with Crippen LogP contribution in [0.15, 0.2) is 22.7 Å². The summed E-state index contributed by atoms with van der Waals surface area (Å²) in [6.07, 6.45) is 3.30. The molecule has 0 amide bonds. The average Bonchev–Trinajstić information content (AvgIpc) is 2.25. The number of rotatable bonds is 5. The van der Waals surface area contributed by atoms with Crippen LogP contribution in [0.25, 0.3) is 0 Å². The monoisotopic (exact) mass is 317 g/mol. The summed E-state index contributed by atoms with van der Waals surface area (Å²) >= 11 is 9.69. The van der Waals surface area contributed by atoms with E-state index in [1.165, 1.54) is 0 Å². The van der Waals surface area contributed by atoms with Crippen LogP contribution in [0.2, 0.25) is 5.02 Å². The third-order valence-electron chi connectivity index (χ3n) is 3.41. The van der Waals surface area contributed by atoms with Crippen LogP contribution < -0.4 is 5.73 Å². The second-order valence-corrected chi connectivity index (χ2v) is 6.25. The Labute approximate surface area is 118 Å². The molecular formula is C14H21BrClN. The van der Waals surface area contributed by atoms with Crippen molar-refractivity contribution >= 4 is 27.5 Å². The van der Waals surface area contributed by atoms with Crippen molar-refractivity contribution in [1.82, 2.24) is 0 Å². The number of nitrogens with two attached hydrogens (primary N) is 1. The first-order chi connectivity index (χ1) is 7.90. The molecule has 1 aromatic rings. The number of hydrogen-bond donors (Lipinski definition) is 1. The molecule has 0 spiro atoms. The summed E-state index contributed by atoms with van der Waals surface area (Å²) in [5.41, 5.74) is 7.12. The first kappa shape index (κ1) is 15.0. The highest BCUT2D eigenvalue weighted by Crippen LogP contribution is 2.34. The summed E-state index contributed by atoms with van der Waals surface area (Å²) in [6.45, 7) is 6.50. The Morgan fingerprint density at radius 1 is 1.35 bits per heavy atom. The molecule has 17 heavy (non-hydrogen) atoms. The maximum atomic E-state index is 6.44. The summed E-state index contributed by atoms with van der Waals surface area (Å²) in [5.74, 6) is 0.657. The number of benzene rings is 1. The largest absolute Gasteiger partial charge is 0.322 e.